The van der Waals surface area contributed by atoms with Crippen LogP contribution in [0.5, 0.6) is 0 Å². The second-order valence-corrected chi connectivity index (χ2v) is 5.75. The molecule has 0 fully saturated rings. The molecule has 1 amide bonds. The number of hydrogen-bond donors (Lipinski definition) is 1. The van der Waals surface area contributed by atoms with Crippen LogP contribution in [0.3, 0.4) is 0 Å². The number of thiazole rings is 1. The minimum Gasteiger partial charge on any atom is -0.436 e. The van der Waals surface area contributed by atoms with Crippen molar-refractivity contribution in [2.24, 2.45) is 0 Å². The molecular weight excluding hydrogens is 314 g/mol. The maximum absolute atomic E-state index is 12.0. The molecule has 0 radical (unpaired) electrons. The van der Waals surface area contributed by atoms with Gasteiger partial charge in [-0.1, -0.05) is 0 Å². The predicted molar refractivity (Wildman–Crippen MR) is 85.2 cm³/mol. The molecule has 0 aliphatic rings. The highest BCUT2D eigenvalue weighted by Crippen LogP contribution is 2.20. The van der Waals surface area contributed by atoms with Gasteiger partial charge in [0.2, 0.25) is 5.76 Å². The number of nitrogens with zero attached hydrogens (tertiary/aromatic N) is 4. The fraction of sp³-hybridized carbons (Fsp3) is 0.267. The Morgan fingerprint density at radius 1 is 1.30 bits per heavy atom. The highest BCUT2D eigenvalue weighted by molar-refractivity contribution is 7.13. The van der Waals surface area contributed by atoms with Crippen LogP contribution in [0.25, 0.3) is 10.7 Å². The molecule has 23 heavy (non-hydrogen) atoms. The van der Waals surface area contributed by atoms with E-state index in [1.807, 2.05) is 5.38 Å². The van der Waals surface area contributed by atoms with Crippen molar-refractivity contribution in [2.75, 3.05) is 6.54 Å². The van der Waals surface area contributed by atoms with Gasteiger partial charge >= 0.3 is 0 Å². The van der Waals surface area contributed by atoms with E-state index >= 15 is 0 Å². The highest BCUT2D eigenvalue weighted by atomic mass is 32.1. The van der Waals surface area contributed by atoms with Crippen molar-refractivity contribution in [3.05, 3.63) is 47.0 Å². The minimum atomic E-state index is -0.257. The second kappa shape index (κ2) is 6.66. The number of hydrogen-bond acceptors (Lipinski definition) is 7. The summed E-state index contributed by atoms with van der Waals surface area (Å²) in [5, 5.41) is 5.59. The van der Waals surface area contributed by atoms with Crippen LogP contribution < -0.4 is 5.32 Å². The number of nitrogens with one attached hydrogen (secondary N) is 1. The lowest BCUT2D eigenvalue weighted by molar-refractivity contribution is 0.0924. The molecule has 1 N–H and O–H groups in total. The average molecular weight is 329 g/mol. The zero-order valence-corrected chi connectivity index (χ0v) is 13.6. The Morgan fingerprint density at radius 2 is 2.17 bits per heavy atom. The van der Waals surface area contributed by atoms with Gasteiger partial charge in [-0.15, -0.1) is 11.3 Å². The lowest BCUT2D eigenvalue weighted by Gasteiger charge is -2.01. The molecule has 0 aliphatic heterocycles. The van der Waals surface area contributed by atoms with Crippen molar-refractivity contribution in [1.29, 1.82) is 0 Å². The van der Waals surface area contributed by atoms with Crippen LogP contribution in [0, 0.1) is 13.8 Å². The first kappa shape index (κ1) is 15.3. The van der Waals surface area contributed by atoms with Crippen molar-refractivity contribution < 1.29 is 9.21 Å². The van der Waals surface area contributed by atoms with E-state index in [-0.39, 0.29) is 11.7 Å². The Balaban J connectivity index is 1.56. The van der Waals surface area contributed by atoms with Crippen LogP contribution in [0.1, 0.15) is 27.8 Å². The molecular formula is C15H15N5O2S. The lowest BCUT2D eigenvalue weighted by atomic mass is 10.3. The Kier molecular flexibility index (Phi) is 4.42. The van der Waals surface area contributed by atoms with Gasteiger partial charge in [-0.2, -0.15) is 0 Å². The number of amides is 1. The van der Waals surface area contributed by atoms with E-state index in [4.69, 9.17) is 4.42 Å². The molecule has 7 nitrogen and oxygen atoms in total. The Labute approximate surface area is 136 Å². The van der Waals surface area contributed by atoms with Gasteiger partial charge in [0.25, 0.3) is 5.91 Å². The van der Waals surface area contributed by atoms with E-state index in [2.05, 4.69) is 25.3 Å². The number of aromatic nitrogens is 4. The molecule has 0 saturated heterocycles. The summed E-state index contributed by atoms with van der Waals surface area (Å²) in [5.41, 5.74) is 2.25. The number of aryl methyl sites for hydroxylation is 2. The lowest BCUT2D eigenvalue weighted by Crippen LogP contribution is -2.26. The first-order valence-corrected chi connectivity index (χ1v) is 7.94. The maximum atomic E-state index is 12.0. The normalized spacial score (nSPS) is 10.7. The van der Waals surface area contributed by atoms with Gasteiger partial charge in [-0.3, -0.25) is 14.8 Å². The summed E-state index contributed by atoms with van der Waals surface area (Å²) in [6.45, 7) is 3.94. The van der Waals surface area contributed by atoms with Crippen molar-refractivity contribution in [3.8, 4) is 10.7 Å². The van der Waals surface area contributed by atoms with Gasteiger partial charge in [0.15, 0.2) is 5.89 Å². The zero-order valence-electron chi connectivity index (χ0n) is 12.7. The molecule has 0 aromatic carbocycles. The van der Waals surface area contributed by atoms with Crippen LogP contribution in [0.4, 0.5) is 0 Å². The van der Waals surface area contributed by atoms with Gasteiger partial charge < -0.3 is 9.73 Å². The second-order valence-electron chi connectivity index (χ2n) is 4.89. The molecule has 118 valence electrons. The third kappa shape index (κ3) is 3.59. The third-order valence-corrected chi connectivity index (χ3v) is 4.02. The highest BCUT2D eigenvalue weighted by Gasteiger charge is 2.15. The summed E-state index contributed by atoms with van der Waals surface area (Å²) >= 11 is 1.51. The standard InChI is InChI=1S/C15H15N5O2S/c1-9-13(22-10(2)19-9)14(21)18-4-3-11-8-23-15(20-11)12-7-16-5-6-17-12/h5-8H,3-4H2,1-2H3,(H,18,21). The number of carbonyl (C=O) groups excluding carboxylic acids is 1. The van der Waals surface area contributed by atoms with E-state index in [0.29, 0.717) is 24.6 Å². The summed E-state index contributed by atoms with van der Waals surface area (Å²) < 4.78 is 5.29. The van der Waals surface area contributed by atoms with Crippen molar-refractivity contribution >= 4 is 17.2 Å². The van der Waals surface area contributed by atoms with E-state index in [0.717, 1.165) is 16.4 Å². The van der Waals surface area contributed by atoms with E-state index in [1.165, 1.54) is 11.3 Å². The summed E-state index contributed by atoms with van der Waals surface area (Å²) in [5.74, 6) is 0.495. The predicted octanol–water partition coefficient (Wildman–Crippen LogP) is 2.18. The van der Waals surface area contributed by atoms with Crippen LogP contribution in [-0.2, 0) is 6.42 Å². The maximum Gasteiger partial charge on any atom is 0.289 e. The summed E-state index contributed by atoms with van der Waals surface area (Å²) in [4.78, 5) is 28.8. The van der Waals surface area contributed by atoms with Crippen molar-refractivity contribution in [1.82, 2.24) is 25.3 Å². The first-order chi connectivity index (χ1) is 11.1. The molecule has 0 unspecified atom stereocenters. The first-order valence-electron chi connectivity index (χ1n) is 7.06. The van der Waals surface area contributed by atoms with Gasteiger partial charge in [0, 0.05) is 37.7 Å². The van der Waals surface area contributed by atoms with Crippen LogP contribution >= 0.6 is 11.3 Å². The molecule has 0 saturated carbocycles. The van der Waals surface area contributed by atoms with Gasteiger partial charge in [-0.25, -0.2) is 9.97 Å². The van der Waals surface area contributed by atoms with Crippen molar-refractivity contribution in [3.63, 3.8) is 0 Å². The minimum absolute atomic E-state index is 0.257. The van der Waals surface area contributed by atoms with Crippen LogP contribution in [-0.4, -0.2) is 32.4 Å². The SMILES string of the molecule is Cc1nc(C)c(C(=O)NCCc2csc(-c3cnccn3)n2)o1. The molecule has 8 heteroatoms. The molecule has 0 spiro atoms. The Morgan fingerprint density at radius 3 is 2.87 bits per heavy atom. The van der Waals surface area contributed by atoms with Crippen LogP contribution in [0.15, 0.2) is 28.4 Å². The average Bonchev–Trinajstić information content (AvgIpc) is 3.14. The number of carbonyl (C=O) groups is 1. The Hall–Kier alpha value is -2.61. The van der Waals surface area contributed by atoms with Crippen LogP contribution in [0.2, 0.25) is 0 Å². The molecule has 0 aliphatic carbocycles. The van der Waals surface area contributed by atoms with Gasteiger partial charge in [0.05, 0.1) is 17.6 Å². The van der Waals surface area contributed by atoms with E-state index in [9.17, 15) is 4.79 Å². The van der Waals surface area contributed by atoms with E-state index in [1.54, 1.807) is 32.4 Å². The summed E-state index contributed by atoms with van der Waals surface area (Å²) in [7, 11) is 0. The monoisotopic (exact) mass is 329 g/mol. The zero-order chi connectivity index (χ0) is 16.2. The smallest absolute Gasteiger partial charge is 0.289 e. The fourth-order valence-electron chi connectivity index (χ4n) is 2.08. The summed E-state index contributed by atoms with van der Waals surface area (Å²) in [6.07, 6.45) is 5.58. The molecule has 3 aromatic rings. The van der Waals surface area contributed by atoms with Crippen molar-refractivity contribution in [2.45, 2.75) is 20.3 Å². The summed E-state index contributed by atoms with van der Waals surface area (Å²) in [6, 6.07) is 0. The number of rotatable bonds is 5. The molecule has 0 bridgehead atoms. The molecule has 3 rings (SSSR count). The fourth-order valence-corrected chi connectivity index (χ4v) is 2.89. The Bertz CT molecular complexity index is 812. The molecule has 3 heterocycles. The van der Waals surface area contributed by atoms with E-state index < -0.39 is 0 Å². The topological polar surface area (TPSA) is 93.8 Å². The largest absolute Gasteiger partial charge is 0.436 e. The quantitative estimate of drug-likeness (QED) is 0.771. The van der Waals surface area contributed by atoms with Gasteiger partial charge in [-0.05, 0) is 6.92 Å². The molecule has 3 aromatic heterocycles. The number of oxazole rings is 1. The third-order valence-electron chi connectivity index (χ3n) is 3.11. The molecule has 0 atom stereocenters. The van der Waals surface area contributed by atoms with Gasteiger partial charge in [0.1, 0.15) is 10.7 Å².